The third-order valence-corrected chi connectivity index (χ3v) is 2.19. The fraction of sp³-hybridized carbons (Fsp3) is 0.200. The number of phenolic OH excluding ortho intramolecular Hbond substituents is 1. The average Bonchev–Trinajstić information content (AvgIpc) is 2.30. The number of anilines is 1. The summed E-state index contributed by atoms with van der Waals surface area (Å²) in [5.74, 6) is -1.86. The van der Waals surface area contributed by atoms with Crippen molar-refractivity contribution in [1.29, 1.82) is 0 Å². The first-order valence-electron chi connectivity index (χ1n) is 5.13. The van der Waals surface area contributed by atoms with E-state index >= 15 is 0 Å². The number of nitrogens with one attached hydrogen (secondary N) is 1. The topological polar surface area (TPSA) is 162 Å². The molecular formula is C10H12N4O5. The van der Waals surface area contributed by atoms with Crippen LogP contribution in [0.25, 0.3) is 0 Å². The molecule has 0 saturated carbocycles. The summed E-state index contributed by atoms with van der Waals surface area (Å²) >= 11 is 0. The van der Waals surface area contributed by atoms with Crippen molar-refractivity contribution >= 4 is 23.2 Å². The van der Waals surface area contributed by atoms with E-state index in [1.165, 1.54) is 6.07 Å². The van der Waals surface area contributed by atoms with E-state index in [4.69, 9.17) is 16.6 Å². The largest absolute Gasteiger partial charge is 0.508 e. The minimum Gasteiger partial charge on any atom is -0.508 e. The molecule has 6 N–H and O–H groups in total. The Morgan fingerprint density at radius 2 is 2.11 bits per heavy atom. The predicted molar refractivity (Wildman–Crippen MR) is 65.2 cm³/mol. The van der Waals surface area contributed by atoms with Crippen LogP contribution in [-0.2, 0) is 9.59 Å². The maximum atomic E-state index is 11.6. The molecule has 1 unspecified atom stereocenters. The van der Waals surface area contributed by atoms with Crippen LogP contribution in [0.3, 0.4) is 0 Å². The van der Waals surface area contributed by atoms with Crippen LogP contribution in [0.1, 0.15) is 6.42 Å². The number of aromatic hydroxyl groups is 1. The Morgan fingerprint density at radius 3 is 2.63 bits per heavy atom. The molecule has 19 heavy (non-hydrogen) atoms. The Labute approximate surface area is 107 Å². The molecule has 0 fully saturated rings. The molecule has 0 spiro atoms. The lowest BCUT2D eigenvalue weighted by molar-refractivity contribution is -0.384. The smallest absolute Gasteiger partial charge is 0.296 e. The van der Waals surface area contributed by atoms with Crippen molar-refractivity contribution in [2.45, 2.75) is 12.5 Å². The number of hydrogen-bond donors (Lipinski definition) is 4. The van der Waals surface area contributed by atoms with E-state index in [1.54, 1.807) is 0 Å². The Morgan fingerprint density at radius 1 is 1.47 bits per heavy atom. The van der Waals surface area contributed by atoms with Crippen molar-refractivity contribution in [1.82, 2.24) is 0 Å². The Hall–Kier alpha value is -2.68. The van der Waals surface area contributed by atoms with Crippen molar-refractivity contribution in [3.63, 3.8) is 0 Å². The van der Waals surface area contributed by atoms with Crippen LogP contribution in [-0.4, -0.2) is 27.9 Å². The van der Waals surface area contributed by atoms with Gasteiger partial charge in [0.2, 0.25) is 11.8 Å². The lowest BCUT2D eigenvalue weighted by Crippen LogP contribution is -2.39. The maximum absolute atomic E-state index is 11.6. The molecule has 9 nitrogen and oxygen atoms in total. The van der Waals surface area contributed by atoms with Gasteiger partial charge in [-0.25, -0.2) is 0 Å². The van der Waals surface area contributed by atoms with Gasteiger partial charge >= 0.3 is 0 Å². The molecule has 0 heterocycles. The van der Waals surface area contributed by atoms with E-state index in [-0.39, 0.29) is 17.9 Å². The molecule has 0 bridgehead atoms. The highest BCUT2D eigenvalue weighted by molar-refractivity contribution is 5.98. The Bertz CT molecular complexity index is 531. The number of hydrogen-bond acceptors (Lipinski definition) is 6. The molecule has 1 aromatic carbocycles. The van der Waals surface area contributed by atoms with Crippen molar-refractivity contribution < 1.29 is 19.6 Å². The van der Waals surface area contributed by atoms with Gasteiger partial charge in [-0.3, -0.25) is 19.7 Å². The van der Waals surface area contributed by atoms with Crippen molar-refractivity contribution in [2.75, 3.05) is 5.32 Å². The Kier molecular flexibility index (Phi) is 4.37. The van der Waals surface area contributed by atoms with Gasteiger partial charge in [-0.1, -0.05) is 0 Å². The van der Waals surface area contributed by atoms with Crippen LogP contribution in [0.5, 0.6) is 5.75 Å². The van der Waals surface area contributed by atoms with Crippen LogP contribution in [0, 0.1) is 10.1 Å². The fourth-order valence-corrected chi connectivity index (χ4v) is 1.31. The molecule has 0 aliphatic carbocycles. The van der Waals surface area contributed by atoms with Gasteiger partial charge in [-0.15, -0.1) is 0 Å². The van der Waals surface area contributed by atoms with Gasteiger partial charge in [0.15, 0.2) is 0 Å². The molecular weight excluding hydrogens is 256 g/mol. The second-order valence-electron chi connectivity index (χ2n) is 3.72. The van der Waals surface area contributed by atoms with E-state index in [0.717, 1.165) is 12.1 Å². The highest BCUT2D eigenvalue weighted by Crippen LogP contribution is 2.28. The molecule has 2 amide bonds. The normalized spacial score (nSPS) is 11.6. The summed E-state index contributed by atoms with van der Waals surface area (Å²) in [4.78, 5) is 32.2. The number of nitrogens with two attached hydrogens (primary N) is 2. The molecule has 0 saturated heterocycles. The number of carbonyl (C=O) groups excluding carboxylic acids is 2. The Balaban J connectivity index is 2.90. The highest BCUT2D eigenvalue weighted by atomic mass is 16.6. The van der Waals surface area contributed by atoms with Gasteiger partial charge < -0.3 is 21.9 Å². The van der Waals surface area contributed by atoms with Crippen LogP contribution >= 0.6 is 0 Å². The number of primary amides is 1. The summed E-state index contributed by atoms with van der Waals surface area (Å²) in [6.07, 6.45) is -0.377. The number of phenols is 1. The summed E-state index contributed by atoms with van der Waals surface area (Å²) in [6, 6.07) is 2.01. The number of amides is 2. The van der Waals surface area contributed by atoms with E-state index < -0.39 is 28.5 Å². The number of carbonyl (C=O) groups is 2. The van der Waals surface area contributed by atoms with Gasteiger partial charge in [0, 0.05) is 0 Å². The van der Waals surface area contributed by atoms with E-state index in [9.17, 15) is 19.7 Å². The predicted octanol–water partition coefficient (Wildman–Crippen LogP) is -0.558. The van der Waals surface area contributed by atoms with Crippen LogP contribution in [0.15, 0.2) is 18.2 Å². The summed E-state index contributed by atoms with van der Waals surface area (Å²) < 4.78 is 0. The first-order chi connectivity index (χ1) is 8.81. The van der Waals surface area contributed by atoms with E-state index in [1.807, 2.05) is 0 Å². The van der Waals surface area contributed by atoms with Gasteiger partial charge in [0.25, 0.3) is 5.69 Å². The van der Waals surface area contributed by atoms with Crippen LogP contribution < -0.4 is 16.8 Å². The number of rotatable bonds is 5. The van der Waals surface area contributed by atoms with E-state index in [0.29, 0.717) is 0 Å². The zero-order valence-electron chi connectivity index (χ0n) is 9.70. The SMILES string of the molecule is NC(=O)CC(N)C(=O)Nc1ccc(O)cc1[N+](=O)[O-]. The molecule has 1 atom stereocenters. The van der Waals surface area contributed by atoms with E-state index in [2.05, 4.69) is 5.32 Å². The zero-order chi connectivity index (χ0) is 14.6. The zero-order valence-corrected chi connectivity index (χ0v) is 9.70. The second kappa shape index (κ2) is 5.78. The summed E-state index contributed by atoms with van der Waals surface area (Å²) in [7, 11) is 0. The molecule has 1 aromatic rings. The molecule has 0 aliphatic heterocycles. The number of nitro groups is 1. The minimum atomic E-state index is -1.20. The molecule has 0 radical (unpaired) electrons. The van der Waals surface area contributed by atoms with Crippen molar-refractivity contribution in [3.8, 4) is 5.75 Å². The second-order valence-corrected chi connectivity index (χ2v) is 3.72. The lowest BCUT2D eigenvalue weighted by Gasteiger charge is -2.10. The number of nitro benzene ring substituents is 1. The third kappa shape index (κ3) is 3.92. The lowest BCUT2D eigenvalue weighted by atomic mass is 10.2. The molecule has 102 valence electrons. The fourth-order valence-electron chi connectivity index (χ4n) is 1.31. The first kappa shape index (κ1) is 14.4. The molecule has 0 aliphatic rings. The van der Waals surface area contributed by atoms with Gasteiger partial charge in [-0.05, 0) is 12.1 Å². The van der Waals surface area contributed by atoms with Gasteiger partial charge in [0.05, 0.1) is 23.5 Å². The summed E-state index contributed by atoms with van der Waals surface area (Å²) in [6.45, 7) is 0. The van der Waals surface area contributed by atoms with Crippen LogP contribution in [0.4, 0.5) is 11.4 Å². The van der Waals surface area contributed by atoms with Crippen molar-refractivity contribution in [2.24, 2.45) is 11.5 Å². The molecule has 9 heteroatoms. The highest BCUT2D eigenvalue weighted by Gasteiger charge is 2.21. The first-order valence-corrected chi connectivity index (χ1v) is 5.13. The standard InChI is InChI=1S/C10H12N4O5/c11-6(4-9(12)16)10(17)13-7-2-1-5(15)3-8(7)14(18)19/h1-3,6,15H,4,11H2,(H2,12,16)(H,13,17). The monoisotopic (exact) mass is 268 g/mol. The van der Waals surface area contributed by atoms with Crippen molar-refractivity contribution in [3.05, 3.63) is 28.3 Å². The summed E-state index contributed by atoms with van der Waals surface area (Å²) in [5.41, 5.74) is 9.65. The minimum absolute atomic E-state index is 0.132. The van der Waals surface area contributed by atoms with Gasteiger partial charge in [-0.2, -0.15) is 0 Å². The maximum Gasteiger partial charge on any atom is 0.296 e. The summed E-state index contributed by atoms with van der Waals surface area (Å²) in [5, 5.41) is 22.1. The van der Waals surface area contributed by atoms with Crippen LogP contribution in [0.2, 0.25) is 0 Å². The average molecular weight is 268 g/mol. The molecule has 1 rings (SSSR count). The number of benzene rings is 1. The quantitative estimate of drug-likeness (QED) is 0.318. The van der Waals surface area contributed by atoms with Gasteiger partial charge in [0.1, 0.15) is 11.4 Å². The number of nitrogens with zero attached hydrogens (tertiary/aromatic N) is 1. The molecule has 0 aromatic heterocycles. The third-order valence-electron chi connectivity index (χ3n) is 2.19.